The summed E-state index contributed by atoms with van der Waals surface area (Å²) in [5, 5.41) is 17.2. The van der Waals surface area contributed by atoms with Gasteiger partial charge in [0.25, 0.3) is 0 Å². The van der Waals surface area contributed by atoms with Crippen LogP contribution in [0.2, 0.25) is 0 Å². The van der Waals surface area contributed by atoms with Crippen molar-refractivity contribution < 1.29 is 0 Å². The number of nitrogens with one attached hydrogen (secondary N) is 1. The molecule has 4 nitrogen and oxygen atoms in total. The molecule has 22 heavy (non-hydrogen) atoms. The number of rotatable bonds is 2. The number of benzene rings is 1. The van der Waals surface area contributed by atoms with Crippen molar-refractivity contribution in [3.05, 3.63) is 52.4 Å². The van der Waals surface area contributed by atoms with E-state index in [2.05, 4.69) is 30.4 Å². The average molecular weight is 306 g/mol. The van der Waals surface area contributed by atoms with Gasteiger partial charge in [0, 0.05) is 17.0 Å². The molecule has 3 heterocycles. The molecule has 0 unspecified atom stereocenters. The van der Waals surface area contributed by atoms with Crippen LogP contribution < -0.4 is 5.32 Å². The number of hydrogen-bond acceptors (Lipinski definition) is 4. The summed E-state index contributed by atoms with van der Waals surface area (Å²) in [6.45, 7) is 3.06. The van der Waals surface area contributed by atoms with E-state index in [0.29, 0.717) is 5.56 Å². The number of aromatic nitrogens is 2. The van der Waals surface area contributed by atoms with Gasteiger partial charge in [-0.05, 0) is 49.7 Å². The quantitative estimate of drug-likeness (QED) is 0.784. The van der Waals surface area contributed by atoms with E-state index in [4.69, 9.17) is 10.4 Å². The molecular formula is C17H14N4S. The van der Waals surface area contributed by atoms with Crippen LogP contribution >= 0.6 is 11.3 Å². The molecule has 108 valence electrons. The molecule has 0 saturated heterocycles. The Balaban J connectivity index is 1.85. The largest absolute Gasteiger partial charge is 0.369 e. The molecule has 1 aliphatic heterocycles. The second kappa shape index (κ2) is 5.00. The van der Waals surface area contributed by atoms with E-state index < -0.39 is 0 Å². The number of aryl methyl sites for hydroxylation is 1. The smallest absolute Gasteiger partial charge is 0.133 e. The Labute approximate surface area is 132 Å². The number of hydrogen-bond donors (Lipinski definition) is 1. The van der Waals surface area contributed by atoms with E-state index in [-0.39, 0.29) is 0 Å². The molecule has 5 heteroatoms. The molecule has 0 radical (unpaired) electrons. The van der Waals surface area contributed by atoms with Gasteiger partial charge in [-0.3, -0.25) is 0 Å². The first kappa shape index (κ1) is 13.1. The lowest BCUT2D eigenvalue weighted by Gasteiger charge is -2.06. The summed E-state index contributed by atoms with van der Waals surface area (Å²) in [5.41, 5.74) is 3.99. The van der Waals surface area contributed by atoms with E-state index in [9.17, 15) is 0 Å². The van der Waals surface area contributed by atoms with Gasteiger partial charge in [-0.1, -0.05) is 0 Å². The van der Waals surface area contributed by atoms with Gasteiger partial charge >= 0.3 is 0 Å². The fourth-order valence-electron chi connectivity index (χ4n) is 2.80. The first-order valence-electron chi connectivity index (χ1n) is 7.19. The number of nitriles is 1. The fourth-order valence-corrected chi connectivity index (χ4v) is 3.68. The predicted octanol–water partition coefficient (Wildman–Crippen LogP) is 3.75. The number of fused-ring (bicyclic) bond motifs is 1. The number of nitrogens with zero attached hydrogens (tertiary/aromatic N) is 3. The van der Waals surface area contributed by atoms with Crippen molar-refractivity contribution in [3.63, 3.8) is 0 Å². The summed E-state index contributed by atoms with van der Waals surface area (Å²) in [5.74, 6) is 1.07. The Kier molecular flexibility index (Phi) is 2.98. The van der Waals surface area contributed by atoms with Crippen molar-refractivity contribution in [2.24, 2.45) is 0 Å². The monoisotopic (exact) mass is 306 g/mol. The van der Waals surface area contributed by atoms with Crippen LogP contribution in [0.5, 0.6) is 0 Å². The highest BCUT2D eigenvalue weighted by Gasteiger charge is 2.24. The Bertz CT molecular complexity index is 881. The summed E-state index contributed by atoms with van der Waals surface area (Å²) >= 11 is 1.77. The lowest BCUT2D eigenvalue weighted by Crippen LogP contribution is -2.04. The summed E-state index contributed by atoms with van der Waals surface area (Å²) in [6.07, 6.45) is 0.998. The topological polar surface area (TPSA) is 53.6 Å². The summed E-state index contributed by atoms with van der Waals surface area (Å²) in [6, 6.07) is 14.0. The van der Waals surface area contributed by atoms with Crippen LogP contribution in [-0.4, -0.2) is 16.3 Å². The van der Waals surface area contributed by atoms with Gasteiger partial charge in [0.1, 0.15) is 11.5 Å². The van der Waals surface area contributed by atoms with Crippen molar-refractivity contribution in [1.82, 2.24) is 9.78 Å². The van der Waals surface area contributed by atoms with E-state index in [1.54, 1.807) is 11.3 Å². The lowest BCUT2D eigenvalue weighted by atomic mass is 10.2. The van der Waals surface area contributed by atoms with Gasteiger partial charge in [-0.15, -0.1) is 11.3 Å². The fraction of sp³-hybridized carbons (Fsp3) is 0.176. The average Bonchev–Trinajstić information content (AvgIpc) is 3.23. The molecular weight excluding hydrogens is 292 g/mol. The third-order valence-corrected chi connectivity index (χ3v) is 4.87. The second-order valence-electron chi connectivity index (χ2n) is 5.33. The molecule has 0 fully saturated rings. The first-order valence-corrected chi connectivity index (χ1v) is 8.01. The van der Waals surface area contributed by atoms with Crippen LogP contribution in [0.3, 0.4) is 0 Å². The molecule has 1 N–H and O–H groups in total. The molecule has 0 aliphatic carbocycles. The lowest BCUT2D eigenvalue weighted by molar-refractivity contribution is 0.883. The van der Waals surface area contributed by atoms with E-state index >= 15 is 0 Å². The van der Waals surface area contributed by atoms with E-state index in [1.807, 2.05) is 28.9 Å². The molecule has 0 bridgehead atoms. The van der Waals surface area contributed by atoms with Gasteiger partial charge in [-0.25, -0.2) is 4.68 Å². The minimum Gasteiger partial charge on any atom is -0.369 e. The minimum atomic E-state index is 0.662. The Morgan fingerprint density at radius 1 is 1.23 bits per heavy atom. The third-order valence-electron chi connectivity index (χ3n) is 3.87. The number of anilines is 1. The molecule has 4 rings (SSSR count). The van der Waals surface area contributed by atoms with Crippen LogP contribution in [-0.2, 0) is 6.42 Å². The normalized spacial score (nSPS) is 12.7. The number of thiophene rings is 1. The van der Waals surface area contributed by atoms with Crippen LogP contribution in [0.25, 0.3) is 16.3 Å². The Hall–Kier alpha value is -2.58. The standard InChI is InChI=1S/C17H14N4S/c1-11-2-7-15(22-11)16-14-8-9-19-17(14)21(20-16)13-5-3-12(10-18)4-6-13/h2-7,19H,8-9H2,1H3. The Morgan fingerprint density at radius 3 is 2.73 bits per heavy atom. The highest BCUT2D eigenvalue weighted by Crippen LogP contribution is 2.37. The van der Waals surface area contributed by atoms with Crippen molar-refractivity contribution >= 4 is 17.2 Å². The maximum Gasteiger partial charge on any atom is 0.133 e. The maximum absolute atomic E-state index is 8.93. The highest BCUT2D eigenvalue weighted by molar-refractivity contribution is 7.15. The summed E-state index contributed by atoms with van der Waals surface area (Å²) in [4.78, 5) is 2.51. The van der Waals surface area contributed by atoms with Crippen LogP contribution in [0.1, 0.15) is 16.0 Å². The molecule has 1 aromatic carbocycles. The SMILES string of the molecule is Cc1ccc(-c2nn(-c3ccc(C#N)cc3)c3c2CCN3)s1. The molecule has 0 amide bonds. The van der Waals surface area contributed by atoms with Crippen molar-refractivity contribution in [2.75, 3.05) is 11.9 Å². The van der Waals surface area contributed by atoms with E-state index in [1.165, 1.54) is 15.3 Å². The first-order chi connectivity index (χ1) is 10.8. The van der Waals surface area contributed by atoms with Gasteiger partial charge in [-0.2, -0.15) is 10.4 Å². The van der Waals surface area contributed by atoms with Crippen molar-refractivity contribution in [1.29, 1.82) is 5.26 Å². The molecule has 0 spiro atoms. The van der Waals surface area contributed by atoms with Crippen molar-refractivity contribution in [3.8, 4) is 22.3 Å². The third kappa shape index (κ3) is 2.00. The van der Waals surface area contributed by atoms with E-state index in [0.717, 1.165) is 30.2 Å². The molecule has 3 aromatic rings. The zero-order valence-corrected chi connectivity index (χ0v) is 12.9. The zero-order valence-electron chi connectivity index (χ0n) is 12.1. The molecule has 2 aromatic heterocycles. The van der Waals surface area contributed by atoms with Crippen LogP contribution in [0, 0.1) is 18.3 Å². The molecule has 0 saturated carbocycles. The minimum absolute atomic E-state index is 0.662. The van der Waals surface area contributed by atoms with Gasteiger partial charge in [0.05, 0.1) is 22.2 Å². The Morgan fingerprint density at radius 2 is 2.05 bits per heavy atom. The van der Waals surface area contributed by atoms with Gasteiger partial charge in [0.15, 0.2) is 0 Å². The second-order valence-corrected chi connectivity index (χ2v) is 6.62. The molecule has 1 aliphatic rings. The summed E-state index contributed by atoms with van der Waals surface area (Å²) < 4.78 is 1.95. The maximum atomic E-state index is 8.93. The summed E-state index contributed by atoms with van der Waals surface area (Å²) in [7, 11) is 0. The molecule has 0 atom stereocenters. The van der Waals surface area contributed by atoms with Gasteiger partial charge < -0.3 is 5.32 Å². The van der Waals surface area contributed by atoms with Crippen molar-refractivity contribution in [2.45, 2.75) is 13.3 Å². The van der Waals surface area contributed by atoms with Crippen LogP contribution in [0.4, 0.5) is 5.82 Å². The predicted molar refractivity (Wildman–Crippen MR) is 88.5 cm³/mol. The zero-order chi connectivity index (χ0) is 15.1. The van der Waals surface area contributed by atoms with Gasteiger partial charge in [0.2, 0.25) is 0 Å². The van der Waals surface area contributed by atoms with Crippen LogP contribution in [0.15, 0.2) is 36.4 Å². The highest BCUT2D eigenvalue weighted by atomic mass is 32.1.